The van der Waals surface area contributed by atoms with Gasteiger partial charge in [0, 0.05) is 19.6 Å². The summed E-state index contributed by atoms with van der Waals surface area (Å²) in [5.74, 6) is -1.26. The fourth-order valence-electron chi connectivity index (χ4n) is 1.91. The van der Waals surface area contributed by atoms with E-state index in [1.54, 1.807) is 0 Å². The summed E-state index contributed by atoms with van der Waals surface area (Å²) in [6, 6.07) is -1.88. The predicted molar refractivity (Wildman–Crippen MR) is 71.5 cm³/mol. The zero-order valence-electron chi connectivity index (χ0n) is 11.7. The van der Waals surface area contributed by atoms with E-state index in [1.165, 1.54) is 6.92 Å². The van der Waals surface area contributed by atoms with Crippen molar-refractivity contribution in [2.75, 3.05) is 39.4 Å². The molecule has 0 aromatic carbocycles. The lowest BCUT2D eigenvalue weighted by Crippen LogP contribution is -2.51. The first-order chi connectivity index (χ1) is 9.50. The molecule has 0 saturated carbocycles. The molecule has 0 aromatic rings. The lowest BCUT2D eigenvalue weighted by Gasteiger charge is -2.26. The summed E-state index contributed by atoms with van der Waals surface area (Å²) in [5.41, 5.74) is 0. The molecule has 0 spiro atoms. The summed E-state index contributed by atoms with van der Waals surface area (Å²) < 4.78 is 5.23. The maximum atomic E-state index is 11.5. The number of urea groups is 1. The van der Waals surface area contributed by atoms with Gasteiger partial charge in [-0.3, -0.25) is 4.90 Å². The van der Waals surface area contributed by atoms with Gasteiger partial charge < -0.3 is 25.6 Å². The molecule has 0 aliphatic carbocycles. The number of rotatable bonds is 7. The zero-order chi connectivity index (χ0) is 15.0. The van der Waals surface area contributed by atoms with E-state index in [0.29, 0.717) is 6.54 Å². The van der Waals surface area contributed by atoms with Crippen LogP contribution >= 0.6 is 0 Å². The van der Waals surface area contributed by atoms with Crippen molar-refractivity contribution in [2.24, 2.45) is 0 Å². The highest BCUT2D eigenvalue weighted by atomic mass is 16.5. The molecule has 1 fully saturated rings. The summed E-state index contributed by atoms with van der Waals surface area (Å²) in [6.45, 7) is 5.91. The van der Waals surface area contributed by atoms with Crippen molar-refractivity contribution in [1.82, 2.24) is 15.5 Å². The number of carbonyl (C=O) groups excluding carboxylic acids is 1. The Labute approximate surface area is 118 Å². The molecule has 8 nitrogen and oxygen atoms in total. The molecule has 2 amide bonds. The van der Waals surface area contributed by atoms with E-state index in [1.807, 2.05) is 0 Å². The number of hydrogen-bond donors (Lipinski definition) is 4. The Morgan fingerprint density at radius 1 is 1.35 bits per heavy atom. The van der Waals surface area contributed by atoms with E-state index in [9.17, 15) is 14.7 Å². The largest absolute Gasteiger partial charge is 0.480 e. The average Bonchev–Trinajstić information content (AvgIpc) is 2.41. The third-order valence-corrected chi connectivity index (χ3v) is 3.08. The molecule has 116 valence electrons. The first-order valence-electron chi connectivity index (χ1n) is 6.76. The first-order valence-corrected chi connectivity index (χ1v) is 6.76. The summed E-state index contributed by atoms with van der Waals surface area (Å²) in [4.78, 5) is 24.5. The Balaban J connectivity index is 2.14. The van der Waals surface area contributed by atoms with Crippen molar-refractivity contribution in [3.8, 4) is 0 Å². The monoisotopic (exact) mass is 289 g/mol. The maximum absolute atomic E-state index is 11.5. The van der Waals surface area contributed by atoms with Crippen LogP contribution in [0.1, 0.15) is 13.3 Å². The van der Waals surface area contributed by atoms with E-state index >= 15 is 0 Å². The second-order valence-corrected chi connectivity index (χ2v) is 4.76. The first kappa shape index (κ1) is 16.7. The molecule has 0 radical (unpaired) electrons. The number of aliphatic carboxylic acids is 1. The lowest BCUT2D eigenvalue weighted by atomic mass is 10.2. The molecule has 0 unspecified atom stereocenters. The summed E-state index contributed by atoms with van der Waals surface area (Å²) in [7, 11) is 0. The Hall–Kier alpha value is -1.38. The van der Waals surface area contributed by atoms with Gasteiger partial charge >= 0.3 is 12.0 Å². The molecular formula is C12H23N3O5. The Bertz CT molecular complexity index is 318. The van der Waals surface area contributed by atoms with Crippen LogP contribution in [0.3, 0.4) is 0 Å². The van der Waals surface area contributed by atoms with Gasteiger partial charge in [0.05, 0.1) is 19.3 Å². The molecule has 1 saturated heterocycles. The number of carboxylic acid groups (broad SMARTS) is 1. The lowest BCUT2D eigenvalue weighted by molar-refractivity contribution is -0.141. The molecule has 0 bridgehead atoms. The van der Waals surface area contributed by atoms with Gasteiger partial charge in [0.25, 0.3) is 0 Å². The van der Waals surface area contributed by atoms with Crippen molar-refractivity contribution < 1.29 is 24.5 Å². The van der Waals surface area contributed by atoms with Crippen molar-refractivity contribution in [1.29, 1.82) is 0 Å². The second-order valence-electron chi connectivity index (χ2n) is 4.76. The predicted octanol–water partition coefficient (Wildman–Crippen LogP) is -1.16. The van der Waals surface area contributed by atoms with Crippen molar-refractivity contribution in [3.63, 3.8) is 0 Å². The average molecular weight is 289 g/mol. The van der Waals surface area contributed by atoms with Gasteiger partial charge in [-0.15, -0.1) is 0 Å². The molecule has 2 atom stereocenters. The number of aliphatic hydroxyl groups is 1. The van der Waals surface area contributed by atoms with Gasteiger partial charge in [-0.25, -0.2) is 9.59 Å². The number of carboxylic acids is 1. The van der Waals surface area contributed by atoms with Crippen molar-refractivity contribution in [2.45, 2.75) is 25.5 Å². The topological polar surface area (TPSA) is 111 Å². The van der Waals surface area contributed by atoms with Gasteiger partial charge in [-0.1, -0.05) is 0 Å². The van der Waals surface area contributed by atoms with Crippen LogP contribution in [0.2, 0.25) is 0 Å². The molecule has 20 heavy (non-hydrogen) atoms. The second kappa shape index (κ2) is 8.72. The molecule has 4 N–H and O–H groups in total. The summed E-state index contributed by atoms with van der Waals surface area (Å²) in [6.07, 6.45) is -0.369. The summed E-state index contributed by atoms with van der Waals surface area (Å²) >= 11 is 0. The minimum Gasteiger partial charge on any atom is -0.480 e. The van der Waals surface area contributed by atoms with Crippen LogP contribution in [-0.2, 0) is 9.53 Å². The number of aliphatic hydroxyl groups excluding tert-OH is 1. The number of nitrogens with one attached hydrogen (secondary N) is 2. The van der Waals surface area contributed by atoms with Gasteiger partial charge in [-0.2, -0.15) is 0 Å². The van der Waals surface area contributed by atoms with Crippen LogP contribution in [0, 0.1) is 0 Å². The smallest absolute Gasteiger partial charge is 0.328 e. The van der Waals surface area contributed by atoms with Crippen molar-refractivity contribution >= 4 is 12.0 Å². The summed E-state index contributed by atoms with van der Waals surface area (Å²) in [5, 5.41) is 22.8. The van der Waals surface area contributed by atoms with Crippen LogP contribution in [0.25, 0.3) is 0 Å². The van der Waals surface area contributed by atoms with Crippen LogP contribution < -0.4 is 10.6 Å². The number of carbonyl (C=O) groups is 2. The normalized spacial score (nSPS) is 19.1. The molecule has 1 aliphatic heterocycles. The number of hydrogen-bond acceptors (Lipinski definition) is 5. The fourth-order valence-corrected chi connectivity index (χ4v) is 1.91. The molecule has 0 aromatic heterocycles. The molecule has 1 rings (SSSR count). The maximum Gasteiger partial charge on any atom is 0.328 e. The molecule has 8 heteroatoms. The van der Waals surface area contributed by atoms with Crippen LogP contribution in [0.15, 0.2) is 0 Å². The highest BCUT2D eigenvalue weighted by molar-refractivity contribution is 5.82. The number of nitrogens with zero attached hydrogens (tertiary/aromatic N) is 1. The van der Waals surface area contributed by atoms with Gasteiger partial charge in [-0.05, 0) is 19.9 Å². The van der Waals surface area contributed by atoms with Crippen LogP contribution in [-0.4, -0.2) is 78.7 Å². The minimum atomic E-state index is -1.30. The number of ether oxygens (including phenoxy) is 1. The standard InChI is InChI=1S/C12H23N3O5/c1-9(16)10(11(17)18)14-12(19)13-3-2-4-15-5-7-20-8-6-15/h9-10,16H,2-8H2,1H3,(H,17,18)(H2,13,14,19)/t9-,10+/m1/s1. The van der Waals surface area contributed by atoms with Gasteiger partial charge in [0.15, 0.2) is 6.04 Å². The van der Waals surface area contributed by atoms with Crippen molar-refractivity contribution in [3.05, 3.63) is 0 Å². The van der Waals surface area contributed by atoms with E-state index in [-0.39, 0.29) is 0 Å². The highest BCUT2D eigenvalue weighted by Gasteiger charge is 2.24. The third kappa shape index (κ3) is 6.18. The molecular weight excluding hydrogens is 266 g/mol. The highest BCUT2D eigenvalue weighted by Crippen LogP contribution is 1.97. The Morgan fingerprint density at radius 3 is 2.55 bits per heavy atom. The third-order valence-electron chi connectivity index (χ3n) is 3.08. The van der Waals surface area contributed by atoms with Gasteiger partial charge in [0.1, 0.15) is 0 Å². The van der Waals surface area contributed by atoms with E-state index in [2.05, 4.69) is 15.5 Å². The number of amides is 2. The van der Waals surface area contributed by atoms with Gasteiger partial charge in [0.2, 0.25) is 0 Å². The SMILES string of the molecule is C[C@@H](O)[C@H](NC(=O)NCCCN1CCOCC1)C(=O)O. The Morgan fingerprint density at radius 2 is 2.00 bits per heavy atom. The van der Waals surface area contributed by atoms with E-state index < -0.39 is 24.1 Å². The molecule has 1 aliphatic rings. The minimum absolute atomic E-state index is 0.454. The Kier molecular flexibility index (Phi) is 7.27. The quantitative estimate of drug-likeness (QED) is 0.440. The number of morpholine rings is 1. The van der Waals surface area contributed by atoms with Crippen LogP contribution in [0.4, 0.5) is 4.79 Å². The van der Waals surface area contributed by atoms with E-state index in [0.717, 1.165) is 39.3 Å². The van der Waals surface area contributed by atoms with Crippen LogP contribution in [0.5, 0.6) is 0 Å². The van der Waals surface area contributed by atoms with E-state index in [4.69, 9.17) is 9.84 Å². The molecule has 1 heterocycles. The zero-order valence-corrected chi connectivity index (χ0v) is 11.7. The fraction of sp³-hybridized carbons (Fsp3) is 0.833.